The zero-order valence-corrected chi connectivity index (χ0v) is 16.0. The average Bonchev–Trinajstić information content (AvgIpc) is 3.34. The number of fused-ring (bicyclic) bond motifs is 1. The van der Waals surface area contributed by atoms with Gasteiger partial charge in [0.15, 0.2) is 5.76 Å². The van der Waals surface area contributed by atoms with Gasteiger partial charge in [-0.15, -0.1) is 10.2 Å². The summed E-state index contributed by atoms with van der Waals surface area (Å²) in [6, 6.07) is 8.49. The highest BCUT2D eigenvalue weighted by atomic mass is 35.5. The standard InChI is InChI=1S/C19H18ClN5O3/c1-2-7-24(12-17-22-23-19(28-17)15-4-3-8-27-15)11-14-9-18(26)25-10-13(20)5-6-16(25)21-14/h3-6,8-10H,2,7,11-12H2,1H3. The van der Waals surface area contributed by atoms with Gasteiger partial charge >= 0.3 is 0 Å². The van der Waals surface area contributed by atoms with Crippen molar-refractivity contribution in [2.24, 2.45) is 0 Å². The van der Waals surface area contributed by atoms with E-state index in [9.17, 15) is 4.79 Å². The van der Waals surface area contributed by atoms with E-state index in [1.807, 2.05) is 0 Å². The molecule has 0 bridgehead atoms. The zero-order chi connectivity index (χ0) is 19.5. The molecule has 4 aromatic heterocycles. The van der Waals surface area contributed by atoms with E-state index in [1.165, 1.54) is 10.5 Å². The normalized spacial score (nSPS) is 11.5. The smallest absolute Gasteiger partial charge is 0.283 e. The summed E-state index contributed by atoms with van der Waals surface area (Å²) in [6.07, 6.45) is 4.05. The molecule has 4 rings (SSSR count). The molecule has 0 aliphatic carbocycles. The molecular weight excluding hydrogens is 382 g/mol. The molecule has 144 valence electrons. The summed E-state index contributed by atoms with van der Waals surface area (Å²) in [5.41, 5.74) is 1.06. The summed E-state index contributed by atoms with van der Waals surface area (Å²) in [6.45, 7) is 3.81. The van der Waals surface area contributed by atoms with Crippen LogP contribution in [0.1, 0.15) is 24.9 Å². The minimum atomic E-state index is -0.170. The van der Waals surface area contributed by atoms with Gasteiger partial charge in [-0.2, -0.15) is 0 Å². The van der Waals surface area contributed by atoms with Crippen molar-refractivity contribution in [1.29, 1.82) is 0 Å². The first-order valence-electron chi connectivity index (χ1n) is 8.89. The predicted molar refractivity (Wildman–Crippen MR) is 103 cm³/mol. The van der Waals surface area contributed by atoms with Gasteiger partial charge in [-0.3, -0.25) is 14.1 Å². The second-order valence-electron chi connectivity index (χ2n) is 6.35. The molecule has 0 saturated heterocycles. The molecule has 0 aliphatic rings. The minimum absolute atomic E-state index is 0.170. The molecule has 0 radical (unpaired) electrons. The Balaban J connectivity index is 1.55. The number of pyridine rings is 1. The van der Waals surface area contributed by atoms with Crippen LogP contribution >= 0.6 is 11.6 Å². The van der Waals surface area contributed by atoms with Crippen molar-refractivity contribution in [2.45, 2.75) is 26.4 Å². The van der Waals surface area contributed by atoms with E-state index in [1.54, 1.807) is 36.7 Å². The minimum Gasteiger partial charge on any atom is -0.459 e. The van der Waals surface area contributed by atoms with E-state index < -0.39 is 0 Å². The number of rotatable bonds is 7. The van der Waals surface area contributed by atoms with Crippen LogP contribution in [0.4, 0.5) is 0 Å². The van der Waals surface area contributed by atoms with E-state index in [-0.39, 0.29) is 5.56 Å². The Bertz CT molecular complexity index is 1140. The molecule has 0 aromatic carbocycles. The monoisotopic (exact) mass is 399 g/mol. The molecule has 9 heteroatoms. The number of halogens is 1. The lowest BCUT2D eigenvalue weighted by molar-refractivity contribution is 0.229. The number of nitrogens with zero attached hydrogens (tertiary/aromatic N) is 5. The highest BCUT2D eigenvalue weighted by Gasteiger charge is 2.15. The Morgan fingerprint density at radius 3 is 2.89 bits per heavy atom. The van der Waals surface area contributed by atoms with Crippen LogP contribution in [0.15, 0.2) is 56.4 Å². The molecule has 0 atom stereocenters. The fourth-order valence-corrected chi connectivity index (χ4v) is 3.14. The first kappa shape index (κ1) is 18.4. The SMILES string of the molecule is CCCN(Cc1cc(=O)n2cc(Cl)ccc2n1)Cc1nnc(-c2ccco2)o1. The second-order valence-corrected chi connectivity index (χ2v) is 6.79. The molecule has 8 nitrogen and oxygen atoms in total. The third kappa shape index (κ3) is 3.97. The Hall–Kier alpha value is -2.97. The molecule has 28 heavy (non-hydrogen) atoms. The first-order valence-corrected chi connectivity index (χ1v) is 9.26. The Morgan fingerprint density at radius 1 is 1.21 bits per heavy atom. The van der Waals surface area contributed by atoms with Crippen LogP contribution < -0.4 is 5.56 Å². The van der Waals surface area contributed by atoms with Gasteiger partial charge in [-0.05, 0) is 37.2 Å². The zero-order valence-electron chi connectivity index (χ0n) is 15.2. The van der Waals surface area contributed by atoms with Crippen LogP contribution in [-0.2, 0) is 13.1 Å². The van der Waals surface area contributed by atoms with Crippen LogP contribution in [-0.4, -0.2) is 31.0 Å². The molecule has 0 N–H and O–H groups in total. The molecule has 4 heterocycles. The summed E-state index contributed by atoms with van der Waals surface area (Å²) < 4.78 is 12.4. The third-order valence-corrected chi connectivity index (χ3v) is 4.38. The topological polar surface area (TPSA) is 89.7 Å². The van der Waals surface area contributed by atoms with Crippen molar-refractivity contribution in [3.8, 4) is 11.7 Å². The van der Waals surface area contributed by atoms with Crippen LogP contribution in [0.3, 0.4) is 0 Å². The molecular formula is C19H18ClN5O3. The van der Waals surface area contributed by atoms with Crippen molar-refractivity contribution < 1.29 is 8.83 Å². The lowest BCUT2D eigenvalue weighted by atomic mass is 10.3. The van der Waals surface area contributed by atoms with Gasteiger partial charge < -0.3 is 8.83 Å². The number of furan rings is 1. The van der Waals surface area contributed by atoms with E-state index >= 15 is 0 Å². The molecule has 0 unspecified atom stereocenters. The van der Waals surface area contributed by atoms with Crippen molar-refractivity contribution >= 4 is 17.2 Å². The summed E-state index contributed by atoms with van der Waals surface area (Å²) in [5, 5.41) is 8.60. The molecule has 0 amide bonds. The summed E-state index contributed by atoms with van der Waals surface area (Å²) in [7, 11) is 0. The third-order valence-electron chi connectivity index (χ3n) is 4.16. The van der Waals surface area contributed by atoms with Crippen molar-refractivity contribution in [3.63, 3.8) is 0 Å². The van der Waals surface area contributed by atoms with Gasteiger partial charge in [-0.1, -0.05) is 18.5 Å². The quantitative estimate of drug-likeness (QED) is 0.470. The van der Waals surface area contributed by atoms with Crippen molar-refractivity contribution in [1.82, 2.24) is 24.5 Å². The van der Waals surface area contributed by atoms with Gasteiger partial charge in [0.05, 0.1) is 23.5 Å². The fraction of sp³-hybridized carbons (Fsp3) is 0.263. The number of hydrogen-bond acceptors (Lipinski definition) is 7. The fourth-order valence-electron chi connectivity index (χ4n) is 2.98. The van der Waals surface area contributed by atoms with Crippen molar-refractivity contribution in [2.75, 3.05) is 6.54 Å². The van der Waals surface area contributed by atoms with E-state index in [4.69, 9.17) is 20.4 Å². The lowest BCUT2D eigenvalue weighted by Crippen LogP contribution is -2.26. The van der Waals surface area contributed by atoms with Crippen LogP contribution in [0, 0.1) is 0 Å². The summed E-state index contributed by atoms with van der Waals surface area (Å²) >= 11 is 5.96. The lowest BCUT2D eigenvalue weighted by Gasteiger charge is -2.19. The van der Waals surface area contributed by atoms with Gasteiger partial charge in [0.25, 0.3) is 11.4 Å². The first-order chi connectivity index (χ1) is 13.6. The van der Waals surface area contributed by atoms with Crippen LogP contribution in [0.2, 0.25) is 5.02 Å². The van der Waals surface area contributed by atoms with Gasteiger partial charge in [0, 0.05) is 18.8 Å². The maximum atomic E-state index is 12.4. The average molecular weight is 400 g/mol. The maximum absolute atomic E-state index is 12.4. The van der Waals surface area contributed by atoms with Gasteiger partial charge in [-0.25, -0.2) is 4.98 Å². The molecule has 0 saturated carbocycles. The molecule has 0 fully saturated rings. The van der Waals surface area contributed by atoms with Gasteiger partial charge in [0.1, 0.15) is 5.65 Å². The van der Waals surface area contributed by atoms with E-state index in [0.717, 1.165) is 13.0 Å². The number of aromatic nitrogens is 4. The largest absolute Gasteiger partial charge is 0.459 e. The number of hydrogen-bond donors (Lipinski definition) is 0. The molecule has 4 aromatic rings. The molecule has 0 aliphatic heterocycles. The summed E-state index contributed by atoms with van der Waals surface area (Å²) in [5.74, 6) is 1.35. The van der Waals surface area contributed by atoms with Crippen LogP contribution in [0.25, 0.3) is 17.3 Å². The Morgan fingerprint density at radius 2 is 2.11 bits per heavy atom. The maximum Gasteiger partial charge on any atom is 0.283 e. The van der Waals surface area contributed by atoms with Crippen molar-refractivity contribution in [3.05, 3.63) is 69.8 Å². The van der Waals surface area contributed by atoms with Crippen LogP contribution in [0.5, 0.6) is 0 Å². The Kier molecular flexibility index (Phi) is 5.23. The van der Waals surface area contributed by atoms with E-state index in [2.05, 4.69) is 27.0 Å². The Labute approximate surface area is 165 Å². The second kappa shape index (κ2) is 7.95. The highest BCUT2D eigenvalue weighted by molar-refractivity contribution is 6.30. The highest BCUT2D eigenvalue weighted by Crippen LogP contribution is 2.19. The summed E-state index contributed by atoms with van der Waals surface area (Å²) in [4.78, 5) is 19.1. The van der Waals surface area contributed by atoms with Gasteiger partial charge in [0.2, 0.25) is 5.89 Å². The van der Waals surface area contributed by atoms with E-state index in [0.29, 0.717) is 47.0 Å². The molecule has 0 spiro atoms. The predicted octanol–water partition coefficient (Wildman–Crippen LogP) is 3.40.